The summed E-state index contributed by atoms with van der Waals surface area (Å²) in [6.45, 7) is 4.97. The SMILES string of the molecule is Cc1ccc(SCCNC(=O)c2cccc(CC3CCNC3)c2)cc1. The number of amides is 1. The molecule has 1 atom stereocenters. The number of hydrogen-bond acceptors (Lipinski definition) is 3. The molecule has 0 saturated carbocycles. The number of aryl methyl sites for hydroxylation is 1. The molecule has 0 spiro atoms. The Labute approximate surface area is 154 Å². The minimum absolute atomic E-state index is 0.0240. The van der Waals surface area contributed by atoms with Gasteiger partial charge in [-0.3, -0.25) is 4.79 Å². The van der Waals surface area contributed by atoms with E-state index >= 15 is 0 Å². The van der Waals surface area contributed by atoms with Gasteiger partial charge >= 0.3 is 0 Å². The summed E-state index contributed by atoms with van der Waals surface area (Å²) in [6.07, 6.45) is 2.28. The van der Waals surface area contributed by atoms with Crippen molar-refractivity contribution in [3.8, 4) is 0 Å². The number of hydrogen-bond donors (Lipinski definition) is 2. The Hall–Kier alpha value is -1.78. The molecule has 1 aliphatic rings. The second-order valence-corrected chi connectivity index (χ2v) is 7.85. The number of rotatable bonds is 7. The first-order valence-corrected chi connectivity index (χ1v) is 9.96. The molecule has 3 nitrogen and oxygen atoms in total. The molecule has 132 valence electrons. The predicted molar refractivity (Wildman–Crippen MR) is 105 cm³/mol. The summed E-state index contributed by atoms with van der Waals surface area (Å²) in [6, 6.07) is 16.6. The van der Waals surface area contributed by atoms with Gasteiger partial charge in [-0.05, 0) is 68.6 Å². The molecule has 2 aromatic rings. The maximum absolute atomic E-state index is 12.4. The van der Waals surface area contributed by atoms with Crippen LogP contribution in [0.5, 0.6) is 0 Å². The van der Waals surface area contributed by atoms with Crippen molar-refractivity contribution in [1.29, 1.82) is 0 Å². The van der Waals surface area contributed by atoms with E-state index in [0.29, 0.717) is 12.5 Å². The molecule has 0 aliphatic carbocycles. The van der Waals surface area contributed by atoms with Crippen molar-refractivity contribution >= 4 is 17.7 Å². The molecule has 3 rings (SSSR count). The summed E-state index contributed by atoms with van der Waals surface area (Å²) in [5.74, 6) is 1.60. The van der Waals surface area contributed by atoms with E-state index in [1.165, 1.54) is 22.4 Å². The Morgan fingerprint density at radius 1 is 1.24 bits per heavy atom. The van der Waals surface area contributed by atoms with Crippen LogP contribution in [0.25, 0.3) is 0 Å². The van der Waals surface area contributed by atoms with Crippen LogP contribution >= 0.6 is 11.8 Å². The van der Waals surface area contributed by atoms with Crippen molar-refractivity contribution in [3.05, 3.63) is 65.2 Å². The molecule has 4 heteroatoms. The molecule has 2 aromatic carbocycles. The van der Waals surface area contributed by atoms with Gasteiger partial charge in [-0.1, -0.05) is 29.8 Å². The minimum Gasteiger partial charge on any atom is -0.351 e. The Kier molecular flexibility index (Phi) is 6.54. The fourth-order valence-electron chi connectivity index (χ4n) is 3.13. The van der Waals surface area contributed by atoms with Gasteiger partial charge in [0.2, 0.25) is 0 Å². The third-order valence-electron chi connectivity index (χ3n) is 4.55. The van der Waals surface area contributed by atoms with E-state index in [1.54, 1.807) is 11.8 Å². The molecule has 1 fully saturated rings. The summed E-state index contributed by atoms with van der Waals surface area (Å²) in [5.41, 5.74) is 3.30. The van der Waals surface area contributed by atoms with E-state index in [-0.39, 0.29) is 5.91 Å². The number of thioether (sulfide) groups is 1. The molecular weight excluding hydrogens is 328 g/mol. The molecule has 2 N–H and O–H groups in total. The van der Waals surface area contributed by atoms with Crippen LogP contribution in [0.15, 0.2) is 53.4 Å². The Morgan fingerprint density at radius 3 is 2.84 bits per heavy atom. The second-order valence-electron chi connectivity index (χ2n) is 6.68. The van der Waals surface area contributed by atoms with Crippen molar-refractivity contribution in [2.45, 2.75) is 24.7 Å². The van der Waals surface area contributed by atoms with Gasteiger partial charge in [0.15, 0.2) is 0 Å². The lowest BCUT2D eigenvalue weighted by atomic mass is 9.97. The number of carbonyl (C=O) groups excluding carboxylic acids is 1. The first-order valence-electron chi connectivity index (χ1n) is 8.98. The Morgan fingerprint density at radius 2 is 2.08 bits per heavy atom. The summed E-state index contributed by atoms with van der Waals surface area (Å²) in [5, 5.41) is 6.43. The smallest absolute Gasteiger partial charge is 0.251 e. The van der Waals surface area contributed by atoms with Gasteiger partial charge in [-0.15, -0.1) is 11.8 Å². The van der Waals surface area contributed by atoms with E-state index in [4.69, 9.17) is 0 Å². The normalized spacial score (nSPS) is 16.8. The highest BCUT2D eigenvalue weighted by Crippen LogP contribution is 2.18. The third-order valence-corrected chi connectivity index (χ3v) is 5.57. The van der Waals surface area contributed by atoms with Crippen molar-refractivity contribution in [2.24, 2.45) is 5.92 Å². The van der Waals surface area contributed by atoms with Gasteiger partial charge in [-0.2, -0.15) is 0 Å². The molecule has 25 heavy (non-hydrogen) atoms. The van der Waals surface area contributed by atoms with E-state index in [2.05, 4.69) is 47.9 Å². The van der Waals surface area contributed by atoms with Crippen LogP contribution in [-0.2, 0) is 6.42 Å². The Balaban J connectivity index is 1.45. The summed E-state index contributed by atoms with van der Waals surface area (Å²) in [7, 11) is 0. The molecule has 0 radical (unpaired) electrons. The zero-order chi connectivity index (χ0) is 17.5. The van der Waals surface area contributed by atoms with Crippen molar-refractivity contribution < 1.29 is 4.79 Å². The quantitative estimate of drug-likeness (QED) is 0.589. The number of benzene rings is 2. The second kappa shape index (κ2) is 9.07. The van der Waals surface area contributed by atoms with Gasteiger partial charge in [0.05, 0.1) is 0 Å². The maximum atomic E-state index is 12.4. The highest BCUT2D eigenvalue weighted by Gasteiger charge is 2.15. The van der Waals surface area contributed by atoms with Crippen molar-refractivity contribution in [3.63, 3.8) is 0 Å². The van der Waals surface area contributed by atoms with Crippen LogP contribution in [0, 0.1) is 12.8 Å². The standard InChI is InChI=1S/C21H26N2OS/c1-16-5-7-20(8-6-16)25-12-11-23-21(24)19-4-2-3-17(14-19)13-18-9-10-22-15-18/h2-8,14,18,22H,9-13,15H2,1H3,(H,23,24). The van der Waals surface area contributed by atoms with Crippen LogP contribution in [0.2, 0.25) is 0 Å². The molecule has 1 aliphatic heterocycles. The van der Waals surface area contributed by atoms with Gasteiger partial charge in [0, 0.05) is 22.8 Å². The van der Waals surface area contributed by atoms with Crippen LogP contribution < -0.4 is 10.6 Å². The third kappa shape index (κ3) is 5.62. The molecule has 1 amide bonds. The lowest BCUT2D eigenvalue weighted by Gasteiger charge is -2.10. The Bertz CT molecular complexity index is 693. The van der Waals surface area contributed by atoms with Gasteiger partial charge < -0.3 is 10.6 Å². The summed E-state index contributed by atoms with van der Waals surface area (Å²) in [4.78, 5) is 13.6. The van der Waals surface area contributed by atoms with E-state index in [1.807, 2.05) is 18.2 Å². The maximum Gasteiger partial charge on any atom is 0.251 e. The van der Waals surface area contributed by atoms with Crippen LogP contribution in [-0.4, -0.2) is 31.3 Å². The van der Waals surface area contributed by atoms with E-state index in [9.17, 15) is 4.79 Å². The molecule has 1 saturated heterocycles. The molecule has 1 heterocycles. The van der Waals surface area contributed by atoms with Crippen molar-refractivity contribution in [2.75, 3.05) is 25.4 Å². The molecular formula is C21H26N2OS. The zero-order valence-corrected chi connectivity index (χ0v) is 15.6. The highest BCUT2D eigenvalue weighted by atomic mass is 32.2. The summed E-state index contributed by atoms with van der Waals surface area (Å²) < 4.78 is 0. The lowest BCUT2D eigenvalue weighted by molar-refractivity contribution is 0.0956. The van der Waals surface area contributed by atoms with Gasteiger partial charge in [0.25, 0.3) is 5.91 Å². The molecule has 1 unspecified atom stereocenters. The van der Waals surface area contributed by atoms with Crippen LogP contribution in [0.3, 0.4) is 0 Å². The number of carbonyl (C=O) groups is 1. The largest absolute Gasteiger partial charge is 0.351 e. The van der Waals surface area contributed by atoms with E-state index in [0.717, 1.165) is 30.8 Å². The molecule has 0 bridgehead atoms. The van der Waals surface area contributed by atoms with Crippen LogP contribution in [0.1, 0.15) is 27.9 Å². The number of nitrogens with one attached hydrogen (secondary N) is 2. The predicted octanol–water partition coefficient (Wildman–Crippen LogP) is 3.67. The van der Waals surface area contributed by atoms with Crippen molar-refractivity contribution in [1.82, 2.24) is 10.6 Å². The monoisotopic (exact) mass is 354 g/mol. The van der Waals surface area contributed by atoms with Gasteiger partial charge in [0.1, 0.15) is 0 Å². The average Bonchev–Trinajstić information content (AvgIpc) is 3.13. The van der Waals surface area contributed by atoms with Crippen LogP contribution in [0.4, 0.5) is 0 Å². The first kappa shape index (κ1) is 18.0. The highest BCUT2D eigenvalue weighted by molar-refractivity contribution is 7.99. The zero-order valence-electron chi connectivity index (χ0n) is 14.8. The molecule has 0 aromatic heterocycles. The fraction of sp³-hybridized carbons (Fsp3) is 0.381. The topological polar surface area (TPSA) is 41.1 Å². The lowest BCUT2D eigenvalue weighted by Crippen LogP contribution is -2.25. The fourth-order valence-corrected chi connectivity index (χ4v) is 3.90. The first-order chi connectivity index (χ1) is 12.2. The average molecular weight is 355 g/mol. The summed E-state index contributed by atoms with van der Waals surface area (Å²) >= 11 is 1.77. The van der Waals surface area contributed by atoms with E-state index < -0.39 is 0 Å². The minimum atomic E-state index is 0.0240. The van der Waals surface area contributed by atoms with Gasteiger partial charge in [-0.25, -0.2) is 0 Å².